The average molecular weight is 325 g/mol. The van der Waals surface area contributed by atoms with E-state index in [1.54, 1.807) is 11.3 Å². The minimum Gasteiger partial charge on any atom is -0.310 e. The Hall–Kier alpha value is -0.710. The number of benzene rings is 1. The Labute approximate surface area is 121 Å². The van der Waals surface area contributed by atoms with E-state index in [1.165, 1.54) is 0 Å². The number of nitrogens with one attached hydrogen (secondary N) is 1. The van der Waals surface area contributed by atoms with Crippen molar-refractivity contribution in [3.8, 4) is 11.3 Å². The van der Waals surface area contributed by atoms with E-state index in [4.69, 9.17) is 0 Å². The standard InChI is InChI=1S/C14H17BrN2S/c1-10(2)7-16-8-14-17-13(9-18-14)11-4-3-5-12(15)6-11/h3-6,9-10,16H,7-8H2,1-2H3. The third kappa shape index (κ3) is 3.90. The molecule has 0 aliphatic heterocycles. The number of thiazole rings is 1. The third-order valence-corrected chi connectivity index (χ3v) is 3.84. The van der Waals surface area contributed by atoms with Gasteiger partial charge in [-0.2, -0.15) is 0 Å². The van der Waals surface area contributed by atoms with Gasteiger partial charge in [-0.25, -0.2) is 4.98 Å². The first-order chi connectivity index (χ1) is 8.65. The lowest BCUT2D eigenvalue weighted by molar-refractivity contribution is 0.551. The van der Waals surface area contributed by atoms with Gasteiger partial charge in [0, 0.05) is 22.0 Å². The smallest absolute Gasteiger partial charge is 0.107 e. The maximum Gasteiger partial charge on any atom is 0.107 e. The second-order valence-corrected chi connectivity index (χ2v) is 6.52. The second-order valence-electron chi connectivity index (χ2n) is 4.66. The van der Waals surface area contributed by atoms with Crippen LogP contribution in [0, 0.1) is 5.92 Å². The van der Waals surface area contributed by atoms with Crippen molar-refractivity contribution >= 4 is 27.3 Å². The van der Waals surface area contributed by atoms with E-state index in [-0.39, 0.29) is 0 Å². The minimum absolute atomic E-state index is 0.675. The maximum atomic E-state index is 4.65. The normalized spacial score (nSPS) is 11.1. The quantitative estimate of drug-likeness (QED) is 0.886. The van der Waals surface area contributed by atoms with Gasteiger partial charge in [0.25, 0.3) is 0 Å². The molecule has 0 aliphatic carbocycles. The van der Waals surface area contributed by atoms with E-state index in [0.717, 1.165) is 33.8 Å². The van der Waals surface area contributed by atoms with Crippen molar-refractivity contribution < 1.29 is 0 Å². The molecule has 0 atom stereocenters. The molecule has 0 fully saturated rings. The first kappa shape index (κ1) is 13.7. The number of nitrogens with zero attached hydrogens (tertiary/aromatic N) is 1. The van der Waals surface area contributed by atoms with Crippen LogP contribution in [0.1, 0.15) is 18.9 Å². The van der Waals surface area contributed by atoms with Crippen LogP contribution in [-0.4, -0.2) is 11.5 Å². The fourth-order valence-corrected chi connectivity index (χ4v) is 2.81. The van der Waals surface area contributed by atoms with Crippen LogP contribution in [-0.2, 0) is 6.54 Å². The van der Waals surface area contributed by atoms with Gasteiger partial charge in [-0.1, -0.05) is 41.9 Å². The molecule has 4 heteroatoms. The highest BCUT2D eigenvalue weighted by Crippen LogP contribution is 2.24. The zero-order valence-electron chi connectivity index (χ0n) is 10.6. The first-order valence-corrected chi connectivity index (χ1v) is 7.73. The molecule has 2 rings (SSSR count). The predicted octanol–water partition coefficient (Wildman–Crippen LogP) is 4.32. The Bertz CT molecular complexity index is 508. The summed E-state index contributed by atoms with van der Waals surface area (Å²) in [6.45, 7) is 6.31. The van der Waals surface area contributed by atoms with Gasteiger partial charge >= 0.3 is 0 Å². The highest BCUT2D eigenvalue weighted by molar-refractivity contribution is 9.10. The second kappa shape index (κ2) is 6.45. The molecule has 0 bridgehead atoms. The summed E-state index contributed by atoms with van der Waals surface area (Å²) in [5, 5.41) is 6.68. The summed E-state index contributed by atoms with van der Waals surface area (Å²) in [5.41, 5.74) is 2.22. The van der Waals surface area contributed by atoms with Crippen LogP contribution in [0.4, 0.5) is 0 Å². The molecular weight excluding hydrogens is 308 g/mol. The van der Waals surface area contributed by atoms with Crippen molar-refractivity contribution in [3.63, 3.8) is 0 Å². The zero-order chi connectivity index (χ0) is 13.0. The molecule has 1 aromatic carbocycles. The van der Waals surface area contributed by atoms with Gasteiger partial charge in [0.15, 0.2) is 0 Å². The molecule has 2 nitrogen and oxygen atoms in total. The number of rotatable bonds is 5. The molecule has 18 heavy (non-hydrogen) atoms. The molecule has 96 valence electrons. The van der Waals surface area contributed by atoms with E-state index in [1.807, 2.05) is 12.1 Å². The van der Waals surface area contributed by atoms with Crippen molar-refractivity contribution in [2.75, 3.05) is 6.54 Å². The van der Waals surface area contributed by atoms with E-state index in [2.05, 4.69) is 57.6 Å². The monoisotopic (exact) mass is 324 g/mol. The maximum absolute atomic E-state index is 4.65. The molecular formula is C14H17BrN2S. The topological polar surface area (TPSA) is 24.9 Å². The summed E-state index contributed by atoms with van der Waals surface area (Å²) >= 11 is 5.20. The van der Waals surface area contributed by atoms with Crippen LogP contribution < -0.4 is 5.32 Å². The highest BCUT2D eigenvalue weighted by atomic mass is 79.9. The summed E-state index contributed by atoms with van der Waals surface area (Å²) in [6.07, 6.45) is 0. The van der Waals surface area contributed by atoms with E-state index in [9.17, 15) is 0 Å². The fourth-order valence-electron chi connectivity index (χ4n) is 1.64. The van der Waals surface area contributed by atoms with Crippen LogP contribution >= 0.6 is 27.3 Å². The Balaban J connectivity index is 2.02. The lowest BCUT2D eigenvalue weighted by Gasteiger charge is -2.04. The Morgan fingerprint density at radius 2 is 2.22 bits per heavy atom. The molecule has 0 saturated carbocycles. The van der Waals surface area contributed by atoms with Crippen LogP contribution in [0.5, 0.6) is 0 Å². The molecule has 0 amide bonds. The highest BCUT2D eigenvalue weighted by Gasteiger charge is 2.05. The summed E-state index contributed by atoms with van der Waals surface area (Å²) in [7, 11) is 0. The van der Waals surface area contributed by atoms with Gasteiger partial charge < -0.3 is 5.32 Å². The van der Waals surface area contributed by atoms with Crippen molar-refractivity contribution in [3.05, 3.63) is 39.1 Å². The van der Waals surface area contributed by atoms with Gasteiger partial charge in [-0.15, -0.1) is 11.3 Å². The SMILES string of the molecule is CC(C)CNCc1nc(-c2cccc(Br)c2)cs1. The lowest BCUT2D eigenvalue weighted by atomic mass is 10.2. The molecule has 0 saturated heterocycles. The van der Waals surface area contributed by atoms with Crippen LogP contribution in [0.3, 0.4) is 0 Å². The van der Waals surface area contributed by atoms with E-state index >= 15 is 0 Å². The molecule has 1 N–H and O–H groups in total. The average Bonchev–Trinajstić information content (AvgIpc) is 2.77. The van der Waals surface area contributed by atoms with Gasteiger partial charge in [0.05, 0.1) is 5.69 Å². The molecule has 2 aromatic rings. The summed E-state index contributed by atoms with van der Waals surface area (Å²) in [4.78, 5) is 4.65. The summed E-state index contributed by atoms with van der Waals surface area (Å²) in [5.74, 6) is 0.675. The summed E-state index contributed by atoms with van der Waals surface area (Å²) < 4.78 is 1.09. The molecule has 1 aromatic heterocycles. The minimum atomic E-state index is 0.675. The molecule has 0 spiro atoms. The lowest BCUT2D eigenvalue weighted by Crippen LogP contribution is -2.18. The van der Waals surface area contributed by atoms with Crippen LogP contribution in [0.2, 0.25) is 0 Å². The Kier molecular flexibility index (Phi) is 4.92. The number of halogens is 1. The predicted molar refractivity (Wildman–Crippen MR) is 81.8 cm³/mol. The van der Waals surface area contributed by atoms with Gasteiger partial charge in [0.2, 0.25) is 0 Å². The van der Waals surface area contributed by atoms with Crippen LogP contribution in [0.25, 0.3) is 11.3 Å². The van der Waals surface area contributed by atoms with Gasteiger partial charge in [-0.3, -0.25) is 0 Å². The van der Waals surface area contributed by atoms with Crippen molar-refractivity contribution in [2.45, 2.75) is 20.4 Å². The van der Waals surface area contributed by atoms with Crippen molar-refractivity contribution in [1.29, 1.82) is 0 Å². The number of hydrogen-bond donors (Lipinski definition) is 1. The Morgan fingerprint density at radius 1 is 1.39 bits per heavy atom. The molecule has 0 unspecified atom stereocenters. The molecule has 0 radical (unpaired) electrons. The third-order valence-electron chi connectivity index (χ3n) is 2.50. The number of aromatic nitrogens is 1. The molecule has 0 aliphatic rings. The fraction of sp³-hybridized carbons (Fsp3) is 0.357. The van der Waals surface area contributed by atoms with E-state index in [0.29, 0.717) is 5.92 Å². The largest absolute Gasteiger partial charge is 0.310 e. The van der Waals surface area contributed by atoms with Crippen LogP contribution in [0.15, 0.2) is 34.1 Å². The van der Waals surface area contributed by atoms with Gasteiger partial charge in [0.1, 0.15) is 5.01 Å². The van der Waals surface area contributed by atoms with Crippen molar-refractivity contribution in [2.24, 2.45) is 5.92 Å². The summed E-state index contributed by atoms with van der Waals surface area (Å²) in [6, 6.07) is 8.25. The zero-order valence-corrected chi connectivity index (χ0v) is 13.0. The Morgan fingerprint density at radius 3 is 2.94 bits per heavy atom. The first-order valence-electron chi connectivity index (χ1n) is 6.06. The van der Waals surface area contributed by atoms with Crippen molar-refractivity contribution in [1.82, 2.24) is 10.3 Å². The molecule has 1 heterocycles. The number of hydrogen-bond acceptors (Lipinski definition) is 3. The van der Waals surface area contributed by atoms with Gasteiger partial charge in [-0.05, 0) is 24.6 Å². The van der Waals surface area contributed by atoms with E-state index < -0.39 is 0 Å².